The quantitative estimate of drug-likeness (QED) is 0.883. The van der Waals surface area contributed by atoms with Crippen LogP contribution in [0.5, 0.6) is 0 Å². The Balaban J connectivity index is 1.50. The van der Waals surface area contributed by atoms with Crippen LogP contribution in [0.2, 0.25) is 0 Å². The van der Waals surface area contributed by atoms with Crippen LogP contribution in [0.15, 0.2) is 30.3 Å². The summed E-state index contributed by atoms with van der Waals surface area (Å²) in [4.78, 5) is 0. The molecule has 4 heteroatoms. The van der Waals surface area contributed by atoms with Gasteiger partial charge in [-0.15, -0.1) is 0 Å². The summed E-state index contributed by atoms with van der Waals surface area (Å²) < 4.78 is 7.45. The minimum atomic E-state index is 0.572. The number of hydrogen-bond donors (Lipinski definition) is 1. The largest absolute Gasteiger partial charge is 0.381 e. The highest BCUT2D eigenvalue weighted by molar-refractivity contribution is 5.36. The molecule has 24 heavy (non-hydrogen) atoms. The first kappa shape index (κ1) is 17.2. The molecule has 1 aromatic heterocycles. The van der Waals surface area contributed by atoms with Crippen LogP contribution in [-0.4, -0.2) is 35.6 Å². The highest BCUT2D eigenvalue weighted by atomic mass is 16.5. The van der Waals surface area contributed by atoms with Gasteiger partial charge in [-0.1, -0.05) is 12.1 Å². The van der Waals surface area contributed by atoms with E-state index < -0.39 is 0 Å². The molecular weight excluding hydrogens is 298 g/mol. The van der Waals surface area contributed by atoms with Crippen molar-refractivity contribution in [2.45, 2.75) is 46.1 Å². The van der Waals surface area contributed by atoms with E-state index in [-0.39, 0.29) is 0 Å². The van der Waals surface area contributed by atoms with Crippen molar-refractivity contribution in [2.24, 2.45) is 5.92 Å². The summed E-state index contributed by atoms with van der Waals surface area (Å²) in [7, 11) is 0. The second-order valence-electron chi connectivity index (χ2n) is 6.95. The van der Waals surface area contributed by atoms with Crippen LogP contribution in [0, 0.1) is 19.8 Å². The first-order chi connectivity index (χ1) is 11.6. The van der Waals surface area contributed by atoms with E-state index in [9.17, 15) is 0 Å². The topological polar surface area (TPSA) is 39.1 Å². The predicted molar refractivity (Wildman–Crippen MR) is 97.7 cm³/mol. The van der Waals surface area contributed by atoms with E-state index in [1.807, 2.05) is 11.6 Å². The highest BCUT2D eigenvalue weighted by Gasteiger charge is 2.19. The van der Waals surface area contributed by atoms with Gasteiger partial charge in [0.2, 0.25) is 0 Å². The molecule has 0 radical (unpaired) electrons. The van der Waals surface area contributed by atoms with Crippen molar-refractivity contribution in [1.82, 2.24) is 15.1 Å². The Hall–Kier alpha value is -1.65. The van der Waals surface area contributed by atoms with Crippen molar-refractivity contribution in [2.75, 3.05) is 19.8 Å². The lowest BCUT2D eigenvalue weighted by Crippen LogP contribution is -2.37. The summed E-state index contributed by atoms with van der Waals surface area (Å²) in [6.45, 7) is 9.30. The number of benzene rings is 1. The van der Waals surface area contributed by atoms with Gasteiger partial charge in [0, 0.05) is 24.9 Å². The molecule has 0 bridgehead atoms. The van der Waals surface area contributed by atoms with Crippen LogP contribution in [0.3, 0.4) is 0 Å². The number of nitrogens with zero attached hydrogens (tertiary/aromatic N) is 2. The van der Waals surface area contributed by atoms with Crippen molar-refractivity contribution in [1.29, 1.82) is 0 Å². The molecule has 0 aliphatic carbocycles. The standard InChI is InChI=1S/C20H29N3O/c1-15-14-16(2)23(22-15)20-6-4-18(5-7-20)8-11-21-17(3)19-9-12-24-13-10-19/h4-7,14,17,19,21H,8-13H2,1-3H3/t17-/m1/s1. The molecule has 1 N–H and O–H groups in total. The highest BCUT2D eigenvalue weighted by Crippen LogP contribution is 2.18. The van der Waals surface area contributed by atoms with Crippen LogP contribution in [0.4, 0.5) is 0 Å². The molecule has 0 amide bonds. The first-order valence-corrected chi connectivity index (χ1v) is 9.07. The molecule has 1 fully saturated rings. The van der Waals surface area contributed by atoms with Crippen LogP contribution < -0.4 is 5.32 Å². The van der Waals surface area contributed by atoms with Crippen molar-refractivity contribution < 1.29 is 4.74 Å². The summed E-state index contributed by atoms with van der Waals surface area (Å²) in [6.07, 6.45) is 3.43. The average Bonchev–Trinajstić information content (AvgIpc) is 2.94. The summed E-state index contributed by atoms with van der Waals surface area (Å²) in [5, 5.41) is 8.23. The molecule has 3 rings (SSSR count). The summed E-state index contributed by atoms with van der Waals surface area (Å²) >= 11 is 0. The maximum absolute atomic E-state index is 5.45. The molecule has 0 spiro atoms. The van der Waals surface area contributed by atoms with Crippen molar-refractivity contribution in [3.63, 3.8) is 0 Å². The fraction of sp³-hybridized carbons (Fsp3) is 0.550. The van der Waals surface area contributed by atoms with Gasteiger partial charge in [0.1, 0.15) is 0 Å². The number of aryl methyl sites for hydroxylation is 2. The minimum absolute atomic E-state index is 0.572. The maximum Gasteiger partial charge on any atom is 0.0648 e. The smallest absolute Gasteiger partial charge is 0.0648 e. The number of aromatic nitrogens is 2. The fourth-order valence-corrected chi connectivity index (χ4v) is 3.52. The zero-order chi connectivity index (χ0) is 16.9. The molecule has 4 nitrogen and oxygen atoms in total. The van der Waals surface area contributed by atoms with Gasteiger partial charge >= 0.3 is 0 Å². The fourth-order valence-electron chi connectivity index (χ4n) is 3.52. The SMILES string of the molecule is Cc1cc(C)n(-c2ccc(CCN[C@H](C)C3CCOCC3)cc2)n1. The second-order valence-corrected chi connectivity index (χ2v) is 6.95. The lowest BCUT2D eigenvalue weighted by molar-refractivity contribution is 0.0561. The van der Waals surface area contributed by atoms with Gasteiger partial charge in [-0.05, 0) is 76.3 Å². The minimum Gasteiger partial charge on any atom is -0.381 e. The van der Waals surface area contributed by atoms with E-state index in [1.165, 1.54) is 24.1 Å². The molecule has 1 atom stereocenters. The van der Waals surface area contributed by atoms with Crippen molar-refractivity contribution >= 4 is 0 Å². The van der Waals surface area contributed by atoms with E-state index in [1.54, 1.807) is 0 Å². The van der Waals surface area contributed by atoms with Crippen LogP contribution >= 0.6 is 0 Å². The maximum atomic E-state index is 5.45. The van der Waals surface area contributed by atoms with Crippen LogP contribution in [0.1, 0.15) is 36.7 Å². The van der Waals surface area contributed by atoms with Gasteiger partial charge in [0.15, 0.2) is 0 Å². The van der Waals surface area contributed by atoms with Gasteiger partial charge in [-0.3, -0.25) is 0 Å². The van der Waals surface area contributed by atoms with Gasteiger partial charge in [0.05, 0.1) is 11.4 Å². The monoisotopic (exact) mass is 327 g/mol. The Bertz CT molecular complexity index is 641. The molecule has 130 valence electrons. The number of rotatable bonds is 6. The second kappa shape index (κ2) is 7.95. The molecular formula is C20H29N3O. The zero-order valence-electron chi connectivity index (χ0n) is 15.1. The van der Waals surface area contributed by atoms with Gasteiger partial charge in [-0.2, -0.15) is 5.10 Å². The van der Waals surface area contributed by atoms with Gasteiger partial charge < -0.3 is 10.1 Å². The third kappa shape index (κ3) is 4.25. The Labute approximate surface area is 145 Å². The summed E-state index contributed by atoms with van der Waals surface area (Å²) in [5.74, 6) is 0.757. The Morgan fingerprint density at radius 1 is 1.21 bits per heavy atom. The third-order valence-electron chi connectivity index (χ3n) is 5.04. The molecule has 2 heterocycles. The first-order valence-electron chi connectivity index (χ1n) is 9.07. The zero-order valence-corrected chi connectivity index (χ0v) is 15.1. The summed E-state index contributed by atoms with van der Waals surface area (Å²) in [5.41, 5.74) is 4.73. The number of ether oxygens (including phenoxy) is 1. The average molecular weight is 327 g/mol. The van der Waals surface area contributed by atoms with Gasteiger partial charge in [-0.25, -0.2) is 4.68 Å². The Morgan fingerprint density at radius 2 is 1.92 bits per heavy atom. The van der Waals surface area contributed by atoms with Gasteiger partial charge in [0.25, 0.3) is 0 Å². The lowest BCUT2D eigenvalue weighted by Gasteiger charge is -2.28. The van der Waals surface area contributed by atoms with Crippen molar-refractivity contribution in [3.05, 3.63) is 47.3 Å². The van der Waals surface area contributed by atoms with Crippen molar-refractivity contribution in [3.8, 4) is 5.69 Å². The molecule has 0 unspecified atom stereocenters. The van der Waals surface area contributed by atoms with Crippen LogP contribution in [0.25, 0.3) is 5.69 Å². The molecule has 1 saturated heterocycles. The summed E-state index contributed by atoms with van der Waals surface area (Å²) in [6, 6.07) is 11.4. The van der Waals surface area contributed by atoms with E-state index in [4.69, 9.17) is 4.74 Å². The molecule has 2 aromatic rings. The number of nitrogens with one attached hydrogen (secondary N) is 1. The Kier molecular flexibility index (Phi) is 5.69. The lowest BCUT2D eigenvalue weighted by atomic mass is 9.93. The van der Waals surface area contributed by atoms with E-state index in [0.29, 0.717) is 6.04 Å². The van der Waals surface area contributed by atoms with E-state index in [0.717, 1.165) is 43.5 Å². The van der Waals surface area contributed by atoms with Crippen LogP contribution in [-0.2, 0) is 11.2 Å². The number of hydrogen-bond acceptors (Lipinski definition) is 3. The molecule has 1 aromatic carbocycles. The molecule has 0 saturated carbocycles. The normalized spacial score (nSPS) is 17.1. The van der Waals surface area contributed by atoms with E-state index >= 15 is 0 Å². The molecule has 1 aliphatic rings. The third-order valence-corrected chi connectivity index (χ3v) is 5.04. The Morgan fingerprint density at radius 3 is 2.54 bits per heavy atom. The predicted octanol–water partition coefficient (Wildman–Crippen LogP) is 3.44. The van der Waals surface area contributed by atoms with E-state index in [2.05, 4.69) is 54.6 Å². The molecule has 1 aliphatic heterocycles.